The van der Waals surface area contributed by atoms with E-state index in [1.165, 1.54) is 12.7 Å². The normalized spacial score (nSPS) is 14.7. The number of nitrogens with zero attached hydrogens (tertiary/aromatic N) is 2. The zero-order chi connectivity index (χ0) is 19.7. The predicted molar refractivity (Wildman–Crippen MR) is 110 cm³/mol. The predicted octanol–water partition coefficient (Wildman–Crippen LogP) is 3.81. The van der Waals surface area contributed by atoms with Crippen molar-refractivity contribution >= 4 is 5.97 Å². The van der Waals surface area contributed by atoms with Gasteiger partial charge in [-0.15, -0.1) is 0 Å². The van der Waals surface area contributed by atoms with Crippen LogP contribution in [-0.2, 0) is 28.5 Å². The molecule has 0 spiro atoms. The number of hydrogen-bond acceptors (Lipinski definition) is 4. The van der Waals surface area contributed by atoms with Crippen molar-refractivity contribution in [3.8, 4) is 22.6 Å². The number of nitrogens with two attached hydrogens (primary N) is 1. The first-order valence-corrected chi connectivity index (χ1v) is 9.58. The van der Waals surface area contributed by atoms with Crippen LogP contribution < -0.4 is 5.73 Å². The molecule has 1 aromatic heterocycles. The average molecular weight is 375 g/mol. The maximum Gasteiger partial charge on any atom is 0.305 e. The van der Waals surface area contributed by atoms with Crippen molar-refractivity contribution in [2.75, 3.05) is 7.11 Å². The average Bonchev–Trinajstić information content (AvgIpc) is 3.36. The summed E-state index contributed by atoms with van der Waals surface area (Å²) < 4.78 is 6.74. The highest BCUT2D eigenvalue weighted by Crippen LogP contribution is 2.42. The van der Waals surface area contributed by atoms with Crippen LogP contribution in [0.4, 0.5) is 0 Å². The minimum atomic E-state index is -0.189. The van der Waals surface area contributed by atoms with Crippen LogP contribution in [-0.4, -0.2) is 22.6 Å². The summed E-state index contributed by atoms with van der Waals surface area (Å²) in [5.74, 6) is 0.724. The van der Waals surface area contributed by atoms with Gasteiger partial charge in [-0.2, -0.15) is 0 Å². The molecule has 0 saturated heterocycles. The lowest BCUT2D eigenvalue weighted by molar-refractivity contribution is -0.140. The lowest BCUT2D eigenvalue weighted by Crippen LogP contribution is -2.18. The maximum atomic E-state index is 11.3. The van der Waals surface area contributed by atoms with E-state index in [-0.39, 0.29) is 11.5 Å². The number of hydrogen-bond donors (Lipinski definition) is 1. The number of carbonyl (C=O) groups is 1. The van der Waals surface area contributed by atoms with Gasteiger partial charge in [-0.25, -0.2) is 4.98 Å². The minimum absolute atomic E-state index is 0.108. The number of carbonyl (C=O) groups excluding carboxylic acids is 1. The molecule has 0 aliphatic heterocycles. The fourth-order valence-corrected chi connectivity index (χ4v) is 3.44. The van der Waals surface area contributed by atoms with Gasteiger partial charge in [0.15, 0.2) is 0 Å². The number of benzene rings is 2. The summed E-state index contributed by atoms with van der Waals surface area (Å²) in [4.78, 5) is 16.1. The van der Waals surface area contributed by atoms with Crippen molar-refractivity contribution in [1.82, 2.24) is 9.55 Å². The molecule has 28 heavy (non-hydrogen) atoms. The Morgan fingerprint density at radius 3 is 2.36 bits per heavy atom. The highest BCUT2D eigenvalue weighted by molar-refractivity contribution is 5.69. The highest BCUT2D eigenvalue weighted by Gasteiger charge is 2.39. The Morgan fingerprint density at radius 1 is 1.11 bits per heavy atom. The summed E-state index contributed by atoms with van der Waals surface area (Å²) in [6, 6.07) is 16.6. The van der Waals surface area contributed by atoms with Crippen LogP contribution in [0.1, 0.15) is 30.4 Å². The van der Waals surface area contributed by atoms with Gasteiger partial charge in [0.05, 0.1) is 12.8 Å². The Kier molecular flexibility index (Phi) is 4.77. The molecule has 0 radical (unpaired) electrons. The third kappa shape index (κ3) is 3.71. The molecule has 2 N–H and O–H groups in total. The van der Waals surface area contributed by atoms with Gasteiger partial charge in [-0.1, -0.05) is 48.5 Å². The van der Waals surface area contributed by atoms with Gasteiger partial charge in [0.2, 0.25) is 0 Å². The molecule has 5 heteroatoms. The van der Waals surface area contributed by atoms with Crippen molar-refractivity contribution in [1.29, 1.82) is 0 Å². The second-order valence-corrected chi connectivity index (χ2v) is 7.57. The standard InChI is InChI=1S/C23H25N3O2/c1-26-15-20(17-8-10-19(11-9-17)23(24)13-14-23)25-22(26)18-6-3-16(4-7-18)5-12-21(27)28-2/h3-4,6-11,15H,5,12-14,24H2,1-2H3. The smallest absolute Gasteiger partial charge is 0.305 e. The Labute approximate surface area is 165 Å². The molecule has 0 amide bonds. The summed E-state index contributed by atoms with van der Waals surface area (Å²) in [5, 5.41) is 0. The van der Waals surface area contributed by atoms with Crippen molar-refractivity contribution in [3.63, 3.8) is 0 Å². The molecule has 1 aliphatic rings. The first-order chi connectivity index (χ1) is 13.5. The molecule has 4 rings (SSSR count). The molecule has 2 aromatic carbocycles. The first kappa shape index (κ1) is 18.4. The molecule has 0 atom stereocenters. The fourth-order valence-electron chi connectivity index (χ4n) is 3.44. The second-order valence-electron chi connectivity index (χ2n) is 7.57. The van der Waals surface area contributed by atoms with Gasteiger partial charge in [0.1, 0.15) is 5.82 Å². The second kappa shape index (κ2) is 7.24. The molecule has 5 nitrogen and oxygen atoms in total. The molecule has 1 saturated carbocycles. The fraction of sp³-hybridized carbons (Fsp3) is 0.304. The Morgan fingerprint density at radius 2 is 1.75 bits per heavy atom. The summed E-state index contributed by atoms with van der Waals surface area (Å²) >= 11 is 0. The Balaban J connectivity index is 1.52. The first-order valence-electron chi connectivity index (χ1n) is 9.58. The zero-order valence-corrected chi connectivity index (χ0v) is 16.3. The van der Waals surface area contributed by atoms with Crippen molar-refractivity contribution < 1.29 is 9.53 Å². The van der Waals surface area contributed by atoms with E-state index in [0.29, 0.717) is 12.8 Å². The molecule has 3 aromatic rings. The van der Waals surface area contributed by atoms with Crippen LogP contribution in [0.15, 0.2) is 54.7 Å². The lowest BCUT2D eigenvalue weighted by atomic mass is 10.0. The van der Waals surface area contributed by atoms with Crippen LogP contribution in [0.25, 0.3) is 22.6 Å². The largest absolute Gasteiger partial charge is 0.469 e. The zero-order valence-electron chi connectivity index (χ0n) is 16.3. The van der Waals surface area contributed by atoms with Gasteiger partial charge in [-0.05, 0) is 30.4 Å². The van der Waals surface area contributed by atoms with Crippen LogP contribution in [0.5, 0.6) is 0 Å². The van der Waals surface area contributed by atoms with E-state index in [9.17, 15) is 4.79 Å². The van der Waals surface area contributed by atoms with E-state index in [2.05, 4.69) is 24.3 Å². The van der Waals surface area contributed by atoms with Gasteiger partial charge in [-0.3, -0.25) is 4.79 Å². The molecule has 1 fully saturated rings. The van der Waals surface area contributed by atoms with Crippen molar-refractivity contribution in [2.24, 2.45) is 12.8 Å². The van der Waals surface area contributed by atoms with Crippen molar-refractivity contribution in [2.45, 2.75) is 31.2 Å². The highest BCUT2D eigenvalue weighted by atomic mass is 16.5. The minimum Gasteiger partial charge on any atom is -0.469 e. The summed E-state index contributed by atoms with van der Waals surface area (Å²) in [7, 11) is 3.42. The number of aryl methyl sites for hydroxylation is 2. The molecular weight excluding hydrogens is 350 g/mol. The molecule has 0 unspecified atom stereocenters. The van der Waals surface area contributed by atoms with Gasteiger partial charge in [0.25, 0.3) is 0 Å². The SMILES string of the molecule is COC(=O)CCc1ccc(-c2nc(-c3ccc(C4(N)CC4)cc3)cn2C)cc1. The number of ether oxygens (including phenoxy) is 1. The van der Waals surface area contributed by atoms with Crippen LogP contribution >= 0.6 is 0 Å². The van der Waals surface area contributed by atoms with Gasteiger partial charge < -0.3 is 15.0 Å². The third-order valence-electron chi connectivity index (χ3n) is 5.48. The maximum absolute atomic E-state index is 11.3. The monoisotopic (exact) mass is 375 g/mol. The Bertz CT molecular complexity index is 984. The van der Waals surface area contributed by atoms with Crippen LogP contribution in [0, 0.1) is 0 Å². The van der Waals surface area contributed by atoms with E-state index in [1.807, 2.05) is 42.1 Å². The summed E-state index contributed by atoms with van der Waals surface area (Å²) in [6.07, 6.45) is 5.24. The van der Waals surface area contributed by atoms with Crippen molar-refractivity contribution in [3.05, 3.63) is 65.9 Å². The number of rotatable bonds is 6. The molecule has 1 heterocycles. The van der Waals surface area contributed by atoms with Gasteiger partial charge in [0, 0.05) is 36.3 Å². The van der Waals surface area contributed by atoms with E-state index in [4.69, 9.17) is 15.5 Å². The van der Waals surface area contributed by atoms with Crippen LogP contribution in [0.3, 0.4) is 0 Å². The number of methoxy groups -OCH3 is 1. The summed E-state index contributed by atoms with van der Waals surface area (Å²) in [6.45, 7) is 0. The van der Waals surface area contributed by atoms with E-state index in [1.54, 1.807) is 0 Å². The van der Waals surface area contributed by atoms with E-state index in [0.717, 1.165) is 41.1 Å². The number of aromatic nitrogens is 2. The Hall–Kier alpha value is -2.92. The van der Waals surface area contributed by atoms with E-state index < -0.39 is 0 Å². The van der Waals surface area contributed by atoms with E-state index >= 15 is 0 Å². The number of imidazole rings is 1. The molecule has 144 valence electrons. The topological polar surface area (TPSA) is 70.1 Å². The molecule has 0 bridgehead atoms. The quantitative estimate of drug-likeness (QED) is 0.665. The van der Waals surface area contributed by atoms with Crippen LogP contribution in [0.2, 0.25) is 0 Å². The molecule has 1 aliphatic carbocycles. The molecular formula is C23H25N3O2. The lowest BCUT2D eigenvalue weighted by Gasteiger charge is -2.08. The summed E-state index contributed by atoms with van der Waals surface area (Å²) in [5.41, 5.74) is 11.6. The number of esters is 1. The third-order valence-corrected chi connectivity index (χ3v) is 5.48. The van der Waals surface area contributed by atoms with Gasteiger partial charge >= 0.3 is 5.97 Å².